The van der Waals surface area contributed by atoms with Crippen molar-refractivity contribution in [3.63, 3.8) is 0 Å². The second kappa shape index (κ2) is 7.71. The number of likely N-dealkylation sites (tertiary alicyclic amines) is 1. The van der Waals surface area contributed by atoms with Crippen LogP contribution in [0.15, 0.2) is 48.8 Å². The Morgan fingerprint density at radius 1 is 1.19 bits per heavy atom. The van der Waals surface area contributed by atoms with Crippen LogP contribution in [0.5, 0.6) is 0 Å². The van der Waals surface area contributed by atoms with E-state index in [4.69, 9.17) is 4.74 Å². The lowest BCUT2D eigenvalue weighted by molar-refractivity contribution is -0.138. The van der Waals surface area contributed by atoms with Crippen LogP contribution in [-0.2, 0) is 29.3 Å². The third-order valence-corrected chi connectivity index (χ3v) is 4.58. The highest BCUT2D eigenvalue weighted by atomic mass is 16.5. The molecule has 1 aromatic carbocycles. The van der Waals surface area contributed by atoms with Gasteiger partial charge in [0, 0.05) is 19.3 Å². The lowest BCUT2D eigenvalue weighted by Gasteiger charge is -2.38. The van der Waals surface area contributed by atoms with Crippen molar-refractivity contribution in [1.82, 2.24) is 29.7 Å². The lowest BCUT2D eigenvalue weighted by atomic mass is 10.1. The molecule has 2 aromatic heterocycles. The van der Waals surface area contributed by atoms with E-state index in [1.54, 1.807) is 4.68 Å². The average Bonchev–Trinajstić information content (AvgIpc) is 3.24. The number of ether oxygens (including phenoxy) is 1. The molecular formula is C19H22N6O2. The molecule has 4 rings (SSSR count). The summed E-state index contributed by atoms with van der Waals surface area (Å²) in [5.74, 6) is 0.0703. The Hall–Kier alpha value is -3.00. The van der Waals surface area contributed by atoms with Crippen LogP contribution < -0.4 is 0 Å². The fraction of sp³-hybridized carbons (Fsp3) is 0.368. The van der Waals surface area contributed by atoms with Crippen LogP contribution in [-0.4, -0.2) is 48.7 Å². The van der Waals surface area contributed by atoms with Crippen LogP contribution in [0.4, 0.5) is 0 Å². The minimum absolute atomic E-state index is 0.0703. The van der Waals surface area contributed by atoms with E-state index in [2.05, 4.69) is 15.4 Å². The molecule has 3 aromatic rings. The van der Waals surface area contributed by atoms with Crippen molar-refractivity contribution in [3.05, 3.63) is 65.7 Å². The Kier molecular flexibility index (Phi) is 4.97. The van der Waals surface area contributed by atoms with E-state index in [1.165, 1.54) is 0 Å². The molecule has 1 fully saturated rings. The second-order valence-corrected chi connectivity index (χ2v) is 6.78. The van der Waals surface area contributed by atoms with Crippen LogP contribution in [0.25, 0.3) is 0 Å². The molecule has 0 N–H and O–H groups in total. The van der Waals surface area contributed by atoms with Gasteiger partial charge in [-0.15, -0.1) is 5.10 Å². The van der Waals surface area contributed by atoms with Crippen LogP contribution >= 0.6 is 0 Å². The fourth-order valence-corrected chi connectivity index (χ4v) is 3.02. The summed E-state index contributed by atoms with van der Waals surface area (Å²) < 4.78 is 9.18. The number of carbonyl (C=O) groups excluding carboxylic acids is 1. The van der Waals surface area contributed by atoms with E-state index in [1.807, 2.05) is 65.3 Å². The zero-order chi connectivity index (χ0) is 18.6. The molecule has 0 spiro atoms. The van der Waals surface area contributed by atoms with Gasteiger partial charge in [-0.25, -0.2) is 4.68 Å². The Bertz CT molecular complexity index is 898. The zero-order valence-electron chi connectivity index (χ0n) is 15.2. The van der Waals surface area contributed by atoms with Gasteiger partial charge in [-0.2, -0.15) is 5.10 Å². The van der Waals surface area contributed by atoms with Crippen molar-refractivity contribution in [2.75, 3.05) is 13.1 Å². The van der Waals surface area contributed by atoms with E-state index < -0.39 is 0 Å². The number of benzene rings is 1. The third kappa shape index (κ3) is 4.22. The molecular weight excluding hydrogens is 344 g/mol. The highest BCUT2D eigenvalue weighted by Crippen LogP contribution is 2.21. The third-order valence-electron chi connectivity index (χ3n) is 4.58. The van der Waals surface area contributed by atoms with Crippen molar-refractivity contribution in [3.8, 4) is 0 Å². The predicted molar refractivity (Wildman–Crippen MR) is 97.5 cm³/mol. The summed E-state index contributed by atoms with van der Waals surface area (Å²) in [6, 6.07) is 12.1. The summed E-state index contributed by atoms with van der Waals surface area (Å²) in [7, 11) is 0. The first-order valence-corrected chi connectivity index (χ1v) is 8.97. The maximum atomic E-state index is 12.3. The molecule has 1 saturated heterocycles. The number of hydrogen-bond acceptors (Lipinski definition) is 5. The van der Waals surface area contributed by atoms with Crippen LogP contribution in [0.3, 0.4) is 0 Å². The molecule has 1 amide bonds. The molecule has 0 atom stereocenters. The highest BCUT2D eigenvalue weighted by molar-refractivity contribution is 5.76. The predicted octanol–water partition coefficient (Wildman–Crippen LogP) is 1.58. The van der Waals surface area contributed by atoms with Gasteiger partial charge in [-0.05, 0) is 18.6 Å². The van der Waals surface area contributed by atoms with E-state index in [-0.39, 0.29) is 18.5 Å². The van der Waals surface area contributed by atoms with Gasteiger partial charge >= 0.3 is 0 Å². The Morgan fingerprint density at radius 2 is 2.00 bits per heavy atom. The van der Waals surface area contributed by atoms with E-state index >= 15 is 0 Å². The topological polar surface area (TPSA) is 78.1 Å². The van der Waals surface area contributed by atoms with Gasteiger partial charge in [0.15, 0.2) is 0 Å². The van der Waals surface area contributed by atoms with E-state index in [9.17, 15) is 4.79 Å². The van der Waals surface area contributed by atoms with Gasteiger partial charge in [0.25, 0.3) is 0 Å². The summed E-state index contributed by atoms with van der Waals surface area (Å²) in [5, 5.41) is 12.6. The number of aromatic nitrogens is 5. The summed E-state index contributed by atoms with van der Waals surface area (Å²) in [5.41, 5.74) is 2.84. The lowest BCUT2D eigenvalue weighted by Crippen LogP contribution is -2.51. The molecule has 0 bridgehead atoms. The van der Waals surface area contributed by atoms with Crippen LogP contribution in [0, 0.1) is 6.92 Å². The normalized spacial score (nSPS) is 14.3. The SMILES string of the molecule is Cc1ccn(CC(=O)N2CC(n3cc(COCc4ccccc4)nn3)C2)n1. The van der Waals surface area contributed by atoms with Crippen molar-refractivity contribution in [1.29, 1.82) is 0 Å². The summed E-state index contributed by atoms with van der Waals surface area (Å²) in [6.07, 6.45) is 3.72. The smallest absolute Gasteiger partial charge is 0.244 e. The number of amides is 1. The molecule has 0 saturated carbocycles. The minimum Gasteiger partial charge on any atom is -0.370 e. The molecule has 8 nitrogen and oxygen atoms in total. The van der Waals surface area contributed by atoms with Crippen molar-refractivity contribution in [2.45, 2.75) is 32.7 Å². The van der Waals surface area contributed by atoms with Crippen LogP contribution in [0.2, 0.25) is 0 Å². The number of hydrogen-bond donors (Lipinski definition) is 0. The number of nitrogens with zero attached hydrogens (tertiary/aromatic N) is 6. The first-order valence-electron chi connectivity index (χ1n) is 8.97. The molecule has 1 aliphatic heterocycles. The molecule has 0 aliphatic carbocycles. The molecule has 8 heteroatoms. The Morgan fingerprint density at radius 3 is 2.74 bits per heavy atom. The first-order chi connectivity index (χ1) is 13.2. The fourth-order valence-electron chi connectivity index (χ4n) is 3.02. The summed E-state index contributed by atoms with van der Waals surface area (Å²) in [6.45, 7) is 4.44. The Balaban J connectivity index is 1.22. The van der Waals surface area contributed by atoms with Crippen LogP contribution in [0.1, 0.15) is 23.0 Å². The molecule has 0 unspecified atom stereocenters. The Labute approximate surface area is 157 Å². The maximum absolute atomic E-state index is 12.3. The number of aryl methyl sites for hydroxylation is 1. The average molecular weight is 366 g/mol. The largest absolute Gasteiger partial charge is 0.370 e. The monoisotopic (exact) mass is 366 g/mol. The molecule has 1 aliphatic rings. The first kappa shape index (κ1) is 17.4. The van der Waals surface area contributed by atoms with Gasteiger partial charge in [-0.3, -0.25) is 9.48 Å². The number of rotatable bonds is 7. The molecule has 140 valence electrons. The standard InChI is InChI=1S/C19H22N6O2/c1-15-7-8-24(21-15)12-19(26)23-10-18(11-23)25-9-17(20-22-25)14-27-13-16-5-3-2-4-6-16/h2-9,18H,10-14H2,1H3. The van der Waals surface area contributed by atoms with Gasteiger partial charge in [0.1, 0.15) is 12.2 Å². The second-order valence-electron chi connectivity index (χ2n) is 6.78. The van der Waals surface area contributed by atoms with Crippen molar-refractivity contribution in [2.24, 2.45) is 0 Å². The zero-order valence-corrected chi connectivity index (χ0v) is 15.2. The summed E-state index contributed by atoms with van der Waals surface area (Å²) in [4.78, 5) is 14.1. The summed E-state index contributed by atoms with van der Waals surface area (Å²) >= 11 is 0. The number of carbonyl (C=O) groups is 1. The highest BCUT2D eigenvalue weighted by Gasteiger charge is 2.32. The van der Waals surface area contributed by atoms with Crippen molar-refractivity contribution < 1.29 is 9.53 Å². The quantitative estimate of drug-likeness (QED) is 0.634. The van der Waals surface area contributed by atoms with E-state index in [0.29, 0.717) is 26.3 Å². The van der Waals surface area contributed by atoms with E-state index in [0.717, 1.165) is 17.0 Å². The van der Waals surface area contributed by atoms with Gasteiger partial charge in [0.2, 0.25) is 5.91 Å². The maximum Gasteiger partial charge on any atom is 0.244 e. The molecule has 27 heavy (non-hydrogen) atoms. The molecule has 0 radical (unpaired) electrons. The van der Waals surface area contributed by atoms with Gasteiger partial charge in [0.05, 0.1) is 31.1 Å². The van der Waals surface area contributed by atoms with Gasteiger partial charge in [-0.1, -0.05) is 35.5 Å². The van der Waals surface area contributed by atoms with Crippen molar-refractivity contribution >= 4 is 5.91 Å². The molecule has 3 heterocycles. The van der Waals surface area contributed by atoms with Gasteiger partial charge < -0.3 is 9.64 Å². The minimum atomic E-state index is 0.0703.